The number of aryl methyl sites for hydroxylation is 1. The van der Waals surface area contributed by atoms with Gasteiger partial charge in [0.15, 0.2) is 0 Å². The second-order valence-corrected chi connectivity index (χ2v) is 8.64. The van der Waals surface area contributed by atoms with Gasteiger partial charge in [-0.15, -0.1) is 10.2 Å². The number of hydrogen-bond acceptors (Lipinski definition) is 7. The molecule has 0 saturated heterocycles. The van der Waals surface area contributed by atoms with Crippen molar-refractivity contribution in [2.75, 3.05) is 5.84 Å². The molecule has 5 N–H and O–H groups in total. The Hall–Kier alpha value is -2.43. The van der Waals surface area contributed by atoms with Gasteiger partial charge in [0.05, 0.1) is 22.2 Å². The summed E-state index contributed by atoms with van der Waals surface area (Å²) in [7, 11) is -4.94. The number of rotatable bonds is 1. The zero-order chi connectivity index (χ0) is 21.6. The van der Waals surface area contributed by atoms with Crippen molar-refractivity contribution >= 4 is 27.5 Å². The maximum absolute atomic E-state index is 8.49. The van der Waals surface area contributed by atoms with Gasteiger partial charge >= 0.3 is 0 Å². The lowest BCUT2D eigenvalue weighted by Gasteiger charge is -2.29. The van der Waals surface area contributed by atoms with Gasteiger partial charge in [0, 0.05) is 23.7 Å². The van der Waals surface area contributed by atoms with Crippen LogP contribution in [-0.2, 0) is 12.8 Å². The number of aromatic nitrogens is 2. The van der Waals surface area contributed by atoms with Gasteiger partial charge in [-0.3, -0.25) is 0 Å². The van der Waals surface area contributed by atoms with Crippen LogP contribution >= 0.6 is 0 Å². The first-order valence-electron chi connectivity index (χ1n) is 9.11. The number of hydrogen-bond donors (Lipinski definition) is 3. The zero-order valence-electron chi connectivity index (χ0n) is 16.5. The summed E-state index contributed by atoms with van der Waals surface area (Å²) in [6.07, 6.45) is 2.64. The number of halogens is 1. The van der Waals surface area contributed by atoms with E-state index in [0.717, 1.165) is 53.0 Å². The Labute approximate surface area is 170 Å². The van der Waals surface area contributed by atoms with Crippen LogP contribution in [0.15, 0.2) is 29.4 Å². The molecular formula is C19H24ClN5O4. The second-order valence-electron chi connectivity index (χ2n) is 7.88. The number of nitrogens with zero attached hydrogens (tertiary/aromatic N) is 2. The zero-order valence-corrected chi connectivity index (χ0v) is 17.2. The summed E-state index contributed by atoms with van der Waals surface area (Å²) >= 11 is 0. The quantitative estimate of drug-likeness (QED) is 0.227. The van der Waals surface area contributed by atoms with E-state index in [2.05, 4.69) is 49.1 Å². The van der Waals surface area contributed by atoms with Crippen molar-refractivity contribution in [3.8, 4) is 0 Å². The molecule has 0 atom stereocenters. The van der Waals surface area contributed by atoms with Gasteiger partial charge in [0.1, 0.15) is 0 Å². The summed E-state index contributed by atoms with van der Waals surface area (Å²) in [6, 6.07) is 8.36. The van der Waals surface area contributed by atoms with Crippen molar-refractivity contribution in [2.24, 2.45) is 16.4 Å². The molecule has 0 unspecified atom stereocenters. The molecule has 2 heterocycles. The van der Waals surface area contributed by atoms with Crippen molar-refractivity contribution in [3.63, 3.8) is 0 Å². The molecule has 1 aliphatic carbocycles. The number of para-hydroxylation sites is 1. The van der Waals surface area contributed by atoms with Crippen molar-refractivity contribution in [2.45, 2.75) is 40.0 Å². The fourth-order valence-electron chi connectivity index (χ4n) is 4.18. The molecule has 0 bridgehead atoms. The molecule has 1 aromatic carbocycles. The predicted molar refractivity (Wildman–Crippen MR) is 98.4 cm³/mol. The van der Waals surface area contributed by atoms with E-state index >= 15 is 0 Å². The van der Waals surface area contributed by atoms with Gasteiger partial charge in [-0.25, -0.2) is 24.5 Å². The topological polar surface area (TPSA) is 176 Å². The fraction of sp³-hybridized carbons (Fsp3) is 0.368. The number of aromatic amines is 1. The van der Waals surface area contributed by atoms with Gasteiger partial charge in [0.2, 0.25) is 11.4 Å². The smallest absolute Gasteiger partial charge is 0.223 e. The maximum Gasteiger partial charge on any atom is 0.223 e. The van der Waals surface area contributed by atoms with Crippen LogP contribution in [0.2, 0.25) is 0 Å². The lowest BCUT2D eigenvalue weighted by atomic mass is 9.74. The van der Waals surface area contributed by atoms with E-state index in [4.69, 9.17) is 30.3 Å². The van der Waals surface area contributed by atoms with Gasteiger partial charge in [-0.2, -0.15) is 5.10 Å². The lowest BCUT2D eigenvalue weighted by Crippen LogP contribution is -2.68. The Morgan fingerprint density at radius 2 is 1.79 bits per heavy atom. The summed E-state index contributed by atoms with van der Waals surface area (Å²) in [4.78, 5) is 3.59. The van der Waals surface area contributed by atoms with E-state index in [1.165, 1.54) is 10.8 Å². The number of nitrogens with one attached hydrogen (secondary N) is 1. The minimum Gasteiger partial charge on any atom is -0.354 e. The molecule has 2 aromatic heterocycles. The molecule has 156 valence electrons. The van der Waals surface area contributed by atoms with Crippen molar-refractivity contribution < 1.29 is 33.6 Å². The summed E-state index contributed by atoms with van der Waals surface area (Å²) in [5.74, 6) is 12.3. The Morgan fingerprint density at radius 1 is 1.17 bits per heavy atom. The normalized spacial score (nSPS) is 17.3. The Morgan fingerprint density at radius 3 is 2.38 bits per heavy atom. The van der Waals surface area contributed by atoms with Gasteiger partial charge in [0.25, 0.3) is 0 Å². The van der Waals surface area contributed by atoms with Crippen LogP contribution in [0.1, 0.15) is 44.1 Å². The Kier molecular flexibility index (Phi) is 5.46. The highest BCUT2D eigenvalue weighted by atomic mass is 35.7. The van der Waals surface area contributed by atoms with Crippen LogP contribution in [0.5, 0.6) is 0 Å². The highest BCUT2D eigenvalue weighted by Crippen LogP contribution is 2.38. The number of nitrogens with two attached hydrogens (primary N) is 2. The van der Waals surface area contributed by atoms with Crippen LogP contribution in [-0.4, -0.2) is 10.7 Å². The fourth-order valence-corrected chi connectivity index (χ4v) is 4.18. The monoisotopic (exact) mass is 421 g/mol. The highest BCUT2D eigenvalue weighted by molar-refractivity contribution is 6.18. The van der Waals surface area contributed by atoms with E-state index < -0.39 is 10.2 Å². The third kappa shape index (κ3) is 4.14. The van der Waals surface area contributed by atoms with Crippen molar-refractivity contribution in [3.05, 3.63) is 41.2 Å². The third-order valence-corrected chi connectivity index (χ3v) is 5.19. The van der Waals surface area contributed by atoms with Gasteiger partial charge in [-0.05, 0) is 17.9 Å². The number of hydrazone groups is 1. The van der Waals surface area contributed by atoms with Crippen LogP contribution < -0.4 is 35.0 Å². The average molecular weight is 422 g/mol. The number of nitrogen functional groups attached to an aromatic ring is 1. The molecule has 0 fully saturated rings. The molecule has 3 aromatic rings. The molecule has 0 radical (unpaired) electrons. The summed E-state index contributed by atoms with van der Waals surface area (Å²) in [5, 5.41) is 6.52. The van der Waals surface area contributed by atoms with Crippen LogP contribution in [0.25, 0.3) is 21.8 Å². The first kappa shape index (κ1) is 21.3. The first-order valence-corrected chi connectivity index (χ1v) is 10.3. The van der Waals surface area contributed by atoms with Crippen molar-refractivity contribution in [1.82, 2.24) is 4.98 Å². The third-order valence-electron chi connectivity index (χ3n) is 5.19. The minimum absolute atomic E-state index is 0.0943. The molecule has 0 amide bonds. The molecule has 0 spiro atoms. The second kappa shape index (κ2) is 7.43. The molecule has 9 nitrogen and oxygen atoms in total. The van der Waals surface area contributed by atoms with E-state index in [1.807, 2.05) is 10.7 Å². The molecule has 10 heteroatoms. The summed E-state index contributed by atoms with van der Waals surface area (Å²) in [5.41, 5.74) is 6.61. The van der Waals surface area contributed by atoms with E-state index in [0.29, 0.717) is 0 Å². The number of fused-ring (bicyclic) bond motifs is 5. The molecule has 4 rings (SSSR count). The van der Waals surface area contributed by atoms with Crippen LogP contribution in [0.4, 0.5) is 0 Å². The Bertz CT molecular complexity index is 1100. The Balaban J connectivity index is 0.000000431. The standard InChI is InChI=1S/C19H23N5.ClHO4/c1-4-14-16-11-7-5-6-8-12(11)22-18(16)17-13(23-20)9-19(2,3)10-15(17)24(14)21;2-1(3,4)5/h5-8H,4,9-10,20-21H2,1-3H3;(H,2,3,4,5). The number of H-pyrrole nitrogens is 1. The summed E-state index contributed by atoms with van der Waals surface area (Å²) in [6.45, 7) is 6.63. The summed E-state index contributed by atoms with van der Waals surface area (Å²) < 4.78 is 35.9. The van der Waals surface area contributed by atoms with Crippen molar-refractivity contribution in [1.29, 1.82) is 0 Å². The average Bonchev–Trinajstić information content (AvgIpc) is 2.98. The van der Waals surface area contributed by atoms with Gasteiger partial charge in [-0.1, -0.05) is 43.6 Å². The van der Waals surface area contributed by atoms with Crippen LogP contribution in [0, 0.1) is 15.7 Å². The minimum atomic E-state index is -4.94. The van der Waals surface area contributed by atoms with E-state index in [1.54, 1.807) is 0 Å². The molecular weight excluding hydrogens is 398 g/mol. The molecule has 29 heavy (non-hydrogen) atoms. The highest BCUT2D eigenvalue weighted by Gasteiger charge is 2.39. The lowest BCUT2D eigenvalue weighted by molar-refractivity contribution is -2.00. The van der Waals surface area contributed by atoms with Gasteiger partial charge < -0.3 is 10.8 Å². The van der Waals surface area contributed by atoms with E-state index in [-0.39, 0.29) is 5.41 Å². The molecule has 0 aliphatic heterocycles. The van der Waals surface area contributed by atoms with E-state index in [9.17, 15) is 0 Å². The molecule has 1 aliphatic rings. The number of benzene rings is 1. The maximum atomic E-state index is 8.49. The largest absolute Gasteiger partial charge is 0.354 e. The van der Waals surface area contributed by atoms with Crippen LogP contribution in [0.3, 0.4) is 0 Å². The predicted octanol–water partition coefficient (Wildman–Crippen LogP) is -2.24. The molecule has 0 saturated carbocycles. The first-order chi connectivity index (χ1) is 13.5. The SMILES string of the molecule is CCc1c2c([nH]c3ccccc32)c2c([n+]1N)CC(C)(C)CC2=NN.[O-][Cl+3]([O-])([O-])[O-]. The number of pyridine rings is 1.